The van der Waals surface area contributed by atoms with Crippen molar-refractivity contribution >= 4 is 15.7 Å². The summed E-state index contributed by atoms with van der Waals surface area (Å²) in [7, 11) is -3.76. The zero-order chi connectivity index (χ0) is 14.5. The van der Waals surface area contributed by atoms with Gasteiger partial charge in [-0.2, -0.15) is 4.72 Å². The first-order chi connectivity index (χ1) is 8.94. The SMILES string of the molecule is C#CC(CC)NS(=O)(=O)c1cc(N)ccc1OCC. The molecule has 0 saturated carbocycles. The van der Waals surface area contributed by atoms with Gasteiger partial charge in [0.15, 0.2) is 0 Å². The highest BCUT2D eigenvalue weighted by atomic mass is 32.2. The summed E-state index contributed by atoms with van der Waals surface area (Å²) in [6.07, 6.45) is 5.76. The smallest absolute Gasteiger partial charge is 0.245 e. The van der Waals surface area contributed by atoms with Crippen LogP contribution in [0, 0.1) is 12.3 Å². The third-order valence-corrected chi connectivity index (χ3v) is 3.96. The lowest BCUT2D eigenvalue weighted by Gasteiger charge is -2.15. The number of nitrogens with two attached hydrogens (primary N) is 1. The summed E-state index contributed by atoms with van der Waals surface area (Å²) in [5.74, 6) is 2.64. The number of nitrogen functional groups attached to an aromatic ring is 1. The van der Waals surface area contributed by atoms with Gasteiger partial charge in [-0.25, -0.2) is 8.42 Å². The van der Waals surface area contributed by atoms with Gasteiger partial charge in [-0.05, 0) is 31.5 Å². The summed E-state index contributed by atoms with van der Waals surface area (Å²) in [6, 6.07) is 3.92. The van der Waals surface area contributed by atoms with E-state index in [9.17, 15) is 8.42 Å². The van der Waals surface area contributed by atoms with Crippen LogP contribution < -0.4 is 15.2 Å². The maximum atomic E-state index is 12.3. The number of hydrogen-bond acceptors (Lipinski definition) is 4. The van der Waals surface area contributed by atoms with Crippen LogP contribution in [0.3, 0.4) is 0 Å². The molecule has 0 aliphatic carbocycles. The molecule has 0 spiro atoms. The molecular formula is C13H18N2O3S. The number of benzene rings is 1. The monoisotopic (exact) mass is 282 g/mol. The molecule has 6 heteroatoms. The number of hydrogen-bond donors (Lipinski definition) is 2. The van der Waals surface area contributed by atoms with E-state index in [1.807, 2.05) is 0 Å². The van der Waals surface area contributed by atoms with Gasteiger partial charge in [0.1, 0.15) is 10.6 Å². The zero-order valence-electron chi connectivity index (χ0n) is 11.0. The summed E-state index contributed by atoms with van der Waals surface area (Å²) in [5.41, 5.74) is 5.97. The predicted molar refractivity (Wildman–Crippen MR) is 75.3 cm³/mol. The van der Waals surface area contributed by atoms with Gasteiger partial charge < -0.3 is 10.5 Å². The molecular weight excluding hydrogens is 264 g/mol. The topological polar surface area (TPSA) is 81.4 Å². The molecule has 0 aromatic heterocycles. The molecule has 104 valence electrons. The Morgan fingerprint density at radius 3 is 2.68 bits per heavy atom. The lowest BCUT2D eigenvalue weighted by molar-refractivity contribution is 0.331. The van der Waals surface area contributed by atoms with Gasteiger partial charge in [-0.15, -0.1) is 6.42 Å². The third kappa shape index (κ3) is 3.88. The Labute approximate surface area is 114 Å². The minimum atomic E-state index is -3.76. The van der Waals surface area contributed by atoms with E-state index in [1.165, 1.54) is 12.1 Å². The summed E-state index contributed by atoms with van der Waals surface area (Å²) in [6.45, 7) is 3.94. The molecule has 1 aromatic carbocycles. The Kier molecular flexibility index (Phi) is 5.21. The van der Waals surface area contributed by atoms with Gasteiger partial charge in [0, 0.05) is 5.69 Å². The first-order valence-electron chi connectivity index (χ1n) is 5.95. The first-order valence-corrected chi connectivity index (χ1v) is 7.43. The van der Waals surface area contributed by atoms with Crippen molar-refractivity contribution < 1.29 is 13.2 Å². The van der Waals surface area contributed by atoms with Gasteiger partial charge in [-0.1, -0.05) is 12.8 Å². The van der Waals surface area contributed by atoms with E-state index in [4.69, 9.17) is 16.9 Å². The number of anilines is 1. The molecule has 0 amide bonds. The van der Waals surface area contributed by atoms with Gasteiger partial charge in [0.05, 0.1) is 12.6 Å². The highest BCUT2D eigenvalue weighted by Gasteiger charge is 2.22. The van der Waals surface area contributed by atoms with Crippen LogP contribution in [0.1, 0.15) is 20.3 Å². The van der Waals surface area contributed by atoms with Crippen molar-refractivity contribution in [3.63, 3.8) is 0 Å². The summed E-state index contributed by atoms with van der Waals surface area (Å²) < 4.78 is 32.3. The Hall–Kier alpha value is -1.71. The Bertz CT molecular complexity index is 576. The van der Waals surface area contributed by atoms with Crippen molar-refractivity contribution in [3.8, 4) is 18.1 Å². The number of terminal acetylenes is 1. The number of nitrogens with one attached hydrogen (secondary N) is 1. The predicted octanol–water partition coefficient (Wildman–Crippen LogP) is 1.36. The third-order valence-electron chi connectivity index (χ3n) is 2.46. The molecule has 1 rings (SSSR count). The standard InChI is InChI=1S/C13H18N2O3S/c1-4-11(5-2)15-19(16,17)13-9-10(14)7-8-12(13)18-6-3/h1,7-9,11,15H,5-6,14H2,2-3H3. The van der Waals surface area contributed by atoms with Crippen molar-refractivity contribution in [1.82, 2.24) is 4.72 Å². The minimum Gasteiger partial charge on any atom is -0.492 e. The molecule has 1 atom stereocenters. The molecule has 0 radical (unpaired) electrons. The maximum absolute atomic E-state index is 12.3. The van der Waals surface area contributed by atoms with E-state index < -0.39 is 16.1 Å². The number of sulfonamides is 1. The van der Waals surface area contributed by atoms with Crippen LogP contribution in [-0.4, -0.2) is 21.1 Å². The van der Waals surface area contributed by atoms with Gasteiger partial charge in [-0.3, -0.25) is 0 Å². The second kappa shape index (κ2) is 6.45. The zero-order valence-corrected chi connectivity index (χ0v) is 11.8. The van der Waals surface area contributed by atoms with Crippen LogP contribution in [0.15, 0.2) is 23.1 Å². The summed E-state index contributed by atoms with van der Waals surface area (Å²) in [4.78, 5) is 0.00282. The number of rotatable bonds is 6. The molecule has 0 saturated heterocycles. The molecule has 3 N–H and O–H groups in total. The quantitative estimate of drug-likeness (QED) is 0.609. The van der Waals surface area contributed by atoms with Crippen molar-refractivity contribution in [2.45, 2.75) is 31.2 Å². The molecule has 1 aromatic rings. The van der Waals surface area contributed by atoms with Gasteiger partial charge >= 0.3 is 0 Å². The van der Waals surface area contributed by atoms with E-state index in [0.717, 1.165) is 0 Å². The molecule has 5 nitrogen and oxygen atoms in total. The van der Waals surface area contributed by atoms with Crippen LogP contribution >= 0.6 is 0 Å². The minimum absolute atomic E-state index is 0.00282. The Morgan fingerprint density at radius 1 is 1.47 bits per heavy atom. The second-order valence-corrected chi connectivity index (χ2v) is 5.57. The fourth-order valence-electron chi connectivity index (χ4n) is 1.50. The number of ether oxygens (including phenoxy) is 1. The van der Waals surface area contributed by atoms with Crippen molar-refractivity contribution in [2.24, 2.45) is 0 Å². The summed E-state index contributed by atoms with van der Waals surface area (Å²) >= 11 is 0. The summed E-state index contributed by atoms with van der Waals surface area (Å²) in [5, 5.41) is 0. The van der Waals surface area contributed by atoms with Crippen LogP contribution in [0.2, 0.25) is 0 Å². The van der Waals surface area contributed by atoms with E-state index in [-0.39, 0.29) is 10.6 Å². The van der Waals surface area contributed by atoms with E-state index in [1.54, 1.807) is 19.9 Å². The highest BCUT2D eigenvalue weighted by molar-refractivity contribution is 7.89. The van der Waals surface area contributed by atoms with Gasteiger partial charge in [0.2, 0.25) is 10.0 Å². The van der Waals surface area contributed by atoms with Crippen LogP contribution in [0.5, 0.6) is 5.75 Å². The molecule has 0 heterocycles. The van der Waals surface area contributed by atoms with Crippen LogP contribution in [0.25, 0.3) is 0 Å². The molecule has 0 aliphatic heterocycles. The molecule has 19 heavy (non-hydrogen) atoms. The van der Waals surface area contributed by atoms with Gasteiger partial charge in [0.25, 0.3) is 0 Å². The van der Waals surface area contributed by atoms with E-state index >= 15 is 0 Å². The average Bonchev–Trinajstić information content (AvgIpc) is 2.38. The van der Waals surface area contributed by atoms with E-state index in [2.05, 4.69) is 10.6 Å². The van der Waals surface area contributed by atoms with Crippen molar-refractivity contribution in [1.29, 1.82) is 0 Å². The van der Waals surface area contributed by atoms with E-state index in [0.29, 0.717) is 18.7 Å². The van der Waals surface area contributed by atoms with Crippen molar-refractivity contribution in [2.75, 3.05) is 12.3 Å². The normalized spacial score (nSPS) is 12.7. The average molecular weight is 282 g/mol. The van der Waals surface area contributed by atoms with Crippen LogP contribution in [-0.2, 0) is 10.0 Å². The fourth-order valence-corrected chi connectivity index (χ4v) is 2.91. The second-order valence-electron chi connectivity index (χ2n) is 3.89. The first kappa shape index (κ1) is 15.3. The highest BCUT2D eigenvalue weighted by Crippen LogP contribution is 2.26. The Balaban J connectivity index is 3.20. The molecule has 0 bridgehead atoms. The molecule has 0 aliphatic rings. The lowest BCUT2D eigenvalue weighted by atomic mass is 10.3. The Morgan fingerprint density at radius 2 is 2.16 bits per heavy atom. The lowest BCUT2D eigenvalue weighted by Crippen LogP contribution is -2.33. The molecule has 0 fully saturated rings. The maximum Gasteiger partial charge on any atom is 0.245 e. The fraction of sp³-hybridized carbons (Fsp3) is 0.385. The van der Waals surface area contributed by atoms with Crippen LogP contribution in [0.4, 0.5) is 5.69 Å². The largest absolute Gasteiger partial charge is 0.492 e. The molecule has 1 unspecified atom stereocenters. The van der Waals surface area contributed by atoms with Crippen molar-refractivity contribution in [3.05, 3.63) is 18.2 Å².